The van der Waals surface area contributed by atoms with Gasteiger partial charge in [0.05, 0.1) is 10.3 Å². The second-order valence-corrected chi connectivity index (χ2v) is 6.13. The molecule has 0 saturated heterocycles. The molecule has 2 rings (SSSR count). The summed E-state index contributed by atoms with van der Waals surface area (Å²) >= 11 is 13.2. The van der Waals surface area contributed by atoms with Crippen LogP contribution in [-0.4, -0.2) is 21.8 Å². The lowest BCUT2D eigenvalue weighted by Gasteiger charge is -2.29. The first kappa shape index (κ1) is 12.9. The molecule has 1 aliphatic carbocycles. The van der Waals surface area contributed by atoms with Gasteiger partial charge < -0.3 is 4.74 Å². The van der Waals surface area contributed by atoms with E-state index in [2.05, 4.69) is 0 Å². The van der Waals surface area contributed by atoms with Crippen molar-refractivity contribution in [3.63, 3.8) is 0 Å². The normalized spacial score (nSPS) is 28.9. The Morgan fingerprint density at radius 3 is 2.76 bits per heavy atom. The molecule has 4 nitrogen and oxygen atoms in total. The lowest BCUT2D eigenvalue weighted by molar-refractivity contribution is -0.380. The van der Waals surface area contributed by atoms with Crippen LogP contribution >= 0.6 is 34.5 Å². The number of hydrogen-bond donors (Lipinski definition) is 0. The van der Waals surface area contributed by atoms with E-state index in [1.165, 1.54) is 6.07 Å². The van der Waals surface area contributed by atoms with E-state index in [0.29, 0.717) is 11.5 Å². The van der Waals surface area contributed by atoms with Crippen molar-refractivity contribution in [3.8, 4) is 5.06 Å². The van der Waals surface area contributed by atoms with Crippen LogP contribution in [0.2, 0.25) is 0 Å². The van der Waals surface area contributed by atoms with E-state index >= 15 is 0 Å². The lowest BCUT2D eigenvalue weighted by Crippen LogP contribution is -2.34. The topological polar surface area (TPSA) is 52.4 Å². The average Bonchev–Trinajstić information content (AvgIpc) is 2.71. The Balaban J connectivity index is 1.98. The standard InChI is InChI=1S/C10H11Cl2NO3S/c11-6-1-2-8(7(12)5-6)16-10-4-3-9(17-10)13(14)15/h3-4,6-8H,1-2,5H2. The van der Waals surface area contributed by atoms with Crippen LogP contribution in [0.25, 0.3) is 0 Å². The van der Waals surface area contributed by atoms with E-state index in [9.17, 15) is 10.1 Å². The van der Waals surface area contributed by atoms with Crippen LogP contribution in [0.3, 0.4) is 0 Å². The molecule has 0 spiro atoms. The minimum Gasteiger partial charge on any atom is -0.479 e. The zero-order valence-corrected chi connectivity index (χ0v) is 11.2. The van der Waals surface area contributed by atoms with Gasteiger partial charge in [0.25, 0.3) is 0 Å². The highest BCUT2D eigenvalue weighted by Gasteiger charge is 2.30. The molecule has 1 heterocycles. The third-order valence-corrected chi connectivity index (χ3v) is 4.45. The molecule has 1 fully saturated rings. The summed E-state index contributed by atoms with van der Waals surface area (Å²) in [6, 6.07) is 3.05. The van der Waals surface area contributed by atoms with Crippen molar-refractivity contribution in [1.29, 1.82) is 0 Å². The van der Waals surface area contributed by atoms with Crippen molar-refractivity contribution >= 4 is 39.5 Å². The van der Waals surface area contributed by atoms with Gasteiger partial charge in [0.15, 0.2) is 5.06 Å². The van der Waals surface area contributed by atoms with Gasteiger partial charge >= 0.3 is 5.00 Å². The molecule has 1 aliphatic rings. The van der Waals surface area contributed by atoms with Gasteiger partial charge in [0.2, 0.25) is 0 Å². The maximum absolute atomic E-state index is 10.5. The van der Waals surface area contributed by atoms with E-state index in [1.54, 1.807) is 6.07 Å². The molecule has 17 heavy (non-hydrogen) atoms. The molecule has 1 aromatic rings. The highest BCUT2D eigenvalue weighted by molar-refractivity contribution is 7.17. The zero-order chi connectivity index (χ0) is 12.4. The summed E-state index contributed by atoms with van der Waals surface area (Å²) in [4.78, 5) is 10.1. The maximum Gasteiger partial charge on any atom is 0.327 e. The predicted octanol–water partition coefficient (Wildman–Crippen LogP) is 3.80. The molecule has 1 saturated carbocycles. The quantitative estimate of drug-likeness (QED) is 0.484. The monoisotopic (exact) mass is 295 g/mol. The molecular formula is C10H11Cl2NO3S. The molecule has 0 N–H and O–H groups in total. The fourth-order valence-electron chi connectivity index (χ4n) is 1.79. The van der Waals surface area contributed by atoms with Gasteiger partial charge in [0, 0.05) is 11.4 Å². The van der Waals surface area contributed by atoms with Crippen molar-refractivity contribution in [2.75, 3.05) is 0 Å². The zero-order valence-electron chi connectivity index (χ0n) is 8.84. The minimum absolute atomic E-state index is 0.0807. The Kier molecular flexibility index (Phi) is 4.12. The Hall–Kier alpha value is -0.520. The average molecular weight is 296 g/mol. The number of nitro groups is 1. The summed E-state index contributed by atoms with van der Waals surface area (Å²) in [5.41, 5.74) is 0. The molecule has 3 unspecified atom stereocenters. The SMILES string of the molecule is O=[N+]([O-])c1ccc(OC2CCC(Cl)CC2Cl)s1. The number of halogens is 2. The number of alkyl halides is 2. The van der Waals surface area contributed by atoms with Crippen LogP contribution in [-0.2, 0) is 0 Å². The molecule has 0 amide bonds. The fraction of sp³-hybridized carbons (Fsp3) is 0.600. The van der Waals surface area contributed by atoms with Crippen molar-refractivity contribution in [2.45, 2.75) is 36.1 Å². The summed E-state index contributed by atoms with van der Waals surface area (Å²) in [5.74, 6) is 0. The smallest absolute Gasteiger partial charge is 0.327 e. The fourth-order valence-corrected chi connectivity index (χ4v) is 3.32. The Labute approximate surface area is 113 Å². The molecule has 7 heteroatoms. The van der Waals surface area contributed by atoms with Crippen molar-refractivity contribution in [1.82, 2.24) is 0 Å². The predicted molar refractivity (Wildman–Crippen MR) is 68.5 cm³/mol. The Bertz CT molecular complexity index is 412. The van der Waals surface area contributed by atoms with E-state index in [1.807, 2.05) is 0 Å². The van der Waals surface area contributed by atoms with Crippen molar-refractivity contribution < 1.29 is 9.66 Å². The van der Waals surface area contributed by atoms with E-state index in [-0.39, 0.29) is 21.9 Å². The lowest BCUT2D eigenvalue weighted by atomic mass is 9.97. The van der Waals surface area contributed by atoms with Crippen LogP contribution < -0.4 is 4.74 Å². The first-order chi connectivity index (χ1) is 8.06. The van der Waals surface area contributed by atoms with Crippen LogP contribution in [0.1, 0.15) is 19.3 Å². The number of thiophene rings is 1. The van der Waals surface area contributed by atoms with Gasteiger partial charge in [-0.25, -0.2) is 0 Å². The molecule has 3 atom stereocenters. The van der Waals surface area contributed by atoms with Gasteiger partial charge in [-0.15, -0.1) is 23.2 Å². The molecular weight excluding hydrogens is 285 g/mol. The highest BCUT2D eigenvalue weighted by atomic mass is 35.5. The van der Waals surface area contributed by atoms with Gasteiger partial charge in [-0.3, -0.25) is 10.1 Å². The van der Waals surface area contributed by atoms with E-state index in [4.69, 9.17) is 27.9 Å². The minimum atomic E-state index is -0.425. The number of rotatable bonds is 3. The summed E-state index contributed by atoms with van der Waals surface area (Å²) in [6.07, 6.45) is 2.25. The second-order valence-electron chi connectivity index (χ2n) is 3.93. The number of hydrogen-bond acceptors (Lipinski definition) is 4. The number of ether oxygens (including phenoxy) is 1. The summed E-state index contributed by atoms with van der Waals surface area (Å²) in [5, 5.41) is 11.1. The molecule has 0 aliphatic heterocycles. The van der Waals surface area contributed by atoms with Crippen molar-refractivity contribution in [3.05, 3.63) is 22.2 Å². The molecule has 1 aromatic heterocycles. The largest absolute Gasteiger partial charge is 0.479 e. The molecule has 0 aromatic carbocycles. The molecule has 94 valence electrons. The first-order valence-corrected chi connectivity index (χ1v) is 6.94. The summed E-state index contributed by atoms with van der Waals surface area (Å²) < 4.78 is 5.67. The maximum atomic E-state index is 10.5. The number of nitrogens with zero attached hydrogens (tertiary/aromatic N) is 1. The summed E-state index contributed by atoms with van der Waals surface area (Å²) in [7, 11) is 0. The van der Waals surface area contributed by atoms with Crippen LogP contribution in [0.15, 0.2) is 12.1 Å². The van der Waals surface area contributed by atoms with Crippen LogP contribution in [0.5, 0.6) is 5.06 Å². The van der Waals surface area contributed by atoms with Gasteiger partial charge in [-0.2, -0.15) is 0 Å². The second kappa shape index (κ2) is 5.42. The highest BCUT2D eigenvalue weighted by Crippen LogP contribution is 2.35. The molecule has 0 bridgehead atoms. The van der Waals surface area contributed by atoms with Gasteiger partial charge in [0.1, 0.15) is 6.10 Å². The van der Waals surface area contributed by atoms with Crippen LogP contribution in [0, 0.1) is 10.1 Å². The third kappa shape index (κ3) is 3.24. The first-order valence-electron chi connectivity index (χ1n) is 5.25. The third-order valence-electron chi connectivity index (χ3n) is 2.66. The van der Waals surface area contributed by atoms with E-state index in [0.717, 1.165) is 24.2 Å². The van der Waals surface area contributed by atoms with Gasteiger partial charge in [-0.05, 0) is 36.7 Å². The summed E-state index contributed by atoms with van der Waals surface area (Å²) in [6.45, 7) is 0. The van der Waals surface area contributed by atoms with E-state index < -0.39 is 4.92 Å². The Morgan fingerprint density at radius 1 is 1.41 bits per heavy atom. The van der Waals surface area contributed by atoms with Crippen molar-refractivity contribution in [2.24, 2.45) is 0 Å². The van der Waals surface area contributed by atoms with Gasteiger partial charge in [-0.1, -0.05) is 0 Å². The van der Waals surface area contributed by atoms with Crippen LogP contribution in [0.4, 0.5) is 5.00 Å². The molecule has 0 radical (unpaired) electrons. The Morgan fingerprint density at radius 2 is 2.18 bits per heavy atom.